The van der Waals surface area contributed by atoms with Crippen molar-refractivity contribution in [3.05, 3.63) is 93.4 Å². The Bertz CT molecular complexity index is 1200. The van der Waals surface area contributed by atoms with Crippen LogP contribution in [-0.4, -0.2) is 40.4 Å². The van der Waals surface area contributed by atoms with Crippen LogP contribution in [0.3, 0.4) is 0 Å². The molecule has 0 atom stereocenters. The lowest BCUT2D eigenvalue weighted by atomic mass is 10.0. The molecule has 144 valence electrons. The van der Waals surface area contributed by atoms with E-state index >= 15 is 0 Å². The molecule has 7 heteroatoms. The van der Waals surface area contributed by atoms with E-state index in [4.69, 9.17) is 0 Å². The van der Waals surface area contributed by atoms with Crippen LogP contribution in [0, 0.1) is 11.3 Å². The van der Waals surface area contributed by atoms with E-state index in [2.05, 4.69) is 0 Å². The second-order valence-electron chi connectivity index (χ2n) is 6.52. The number of benzene rings is 2. The molecule has 0 unspecified atom stereocenters. The summed E-state index contributed by atoms with van der Waals surface area (Å²) < 4.78 is 1.18. The normalized spacial score (nSPS) is 10.2. The molecule has 1 amide bonds. The van der Waals surface area contributed by atoms with Crippen molar-refractivity contribution in [3.63, 3.8) is 0 Å². The maximum Gasteiger partial charge on any atom is 0.273 e. The first-order valence-corrected chi connectivity index (χ1v) is 8.65. The van der Waals surface area contributed by atoms with Crippen LogP contribution in [-0.2, 0) is 0 Å². The fourth-order valence-electron chi connectivity index (χ4n) is 2.82. The van der Waals surface area contributed by atoms with Crippen molar-refractivity contribution < 1.29 is 14.7 Å². The first-order chi connectivity index (χ1) is 13.8. The van der Waals surface area contributed by atoms with Gasteiger partial charge in [0.1, 0.15) is 17.4 Å². The third-order valence-corrected chi connectivity index (χ3v) is 4.35. The quantitative estimate of drug-likeness (QED) is 0.692. The molecule has 0 aliphatic heterocycles. The standard InChI is InChI=1S/C22H17N3O4/c1-24(2)21(28)14-7-9-17(10-8-14)25-13-16(11-15(12-23)22(25)29)20(27)18-5-3-4-6-19(18)26/h3-11,13,26H,1-2H3. The number of hydrogen-bond donors (Lipinski definition) is 1. The predicted octanol–water partition coefficient (Wildman–Crippen LogP) is 2.35. The summed E-state index contributed by atoms with van der Waals surface area (Å²) in [5.41, 5.74) is 0.180. The molecule has 1 N–H and O–H groups in total. The Kier molecular flexibility index (Phi) is 5.28. The Morgan fingerprint density at radius 3 is 2.28 bits per heavy atom. The van der Waals surface area contributed by atoms with E-state index in [0.29, 0.717) is 11.3 Å². The number of hydrogen-bond acceptors (Lipinski definition) is 5. The molecule has 0 saturated carbocycles. The Balaban J connectivity index is 2.11. The molecule has 2 aromatic carbocycles. The summed E-state index contributed by atoms with van der Waals surface area (Å²) in [6.45, 7) is 0. The number of phenolic OH excluding ortho intramolecular Hbond substituents is 1. The number of aromatic hydroxyl groups is 1. The van der Waals surface area contributed by atoms with Crippen molar-refractivity contribution in [1.82, 2.24) is 9.47 Å². The highest BCUT2D eigenvalue weighted by molar-refractivity contribution is 6.10. The van der Waals surface area contributed by atoms with E-state index in [1.54, 1.807) is 56.6 Å². The summed E-state index contributed by atoms with van der Waals surface area (Å²) in [6.07, 6.45) is 1.32. The molecule has 3 aromatic rings. The van der Waals surface area contributed by atoms with E-state index in [9.17, 15) is 24.8 Å². The molecule has 0 aliphatic carbocycles. The summed E-state index contributed by atoms with van der Waals surface area (Å²) in [4.78, 5) is 38.9. The molecule has 3 rings (SSSR count). The first-order valence-electron chi connectivity index (χ1n) is 8.65. The van der Waals surface area contributed by atoms with Gasteiger partial charge in [-0.3, -0.25) is 19.0 Å². The zero-order valence-corrected chi connectivity index (χ0v) is 15.8. The molecular formula is C22H17N3O4. The lowest BCUT2D eigenvalue weighted by Gasteiger charge is -2.12. The predicted molar refractivity (Wildman–Crippen MR) is 106 cm³/mol. The van der Waals surface area contributed by atoms with Crippen LogP contribution in [0.5, 0.6) is 5.75 Å². The number of para-hydroxylation sites is 1. The van der Waals surface area contributed by atoms with Gasteiger partial charge >= 0.3 is 0 Å². The van der Waals surface area contributed by atoms with E-state index < -0.39 is 11.3 Å². The molecule has 7 nitrogen and oxygen atoms in total. The van der Waals surface area contributed by atoms with Crippen LogP contribution in [0.25, 0.3) is 5.69 Å². The number of carbonyl (C=O) groups excluding carboxylic acids is 2. The summed E-state index contributed by atoms with van der Waals surface area (Å²) in [5, 5.41) is 19.3. The van der Waals surface area contributed by atoms with Gasteiger partial charge in [0.2, 0.25) is 0 Å². The number of nitriles is 1. The summed E-state index contributed by atoms with van der Waals surface area (Å²) in [5.74, 6) is -0.904. The highest BCUT2D eigenvalue weighted by Crippen LogP contribution is 2.20. The van der Waals surface area contributed by atoms with Gasteiger partial charge in [0.15, 0.2) is 5.78 Å². The summed E-state index contributed by atoms with van der Waals surface area (Å²) in [6, 6.07) is 15.3. The zero-order valence-electron chi connectivity index (χ0n) is 15.8. The van der Waals surface area contributed by atoms with Gasteiger partial charge in [0, 0.05) is 37.1 Å². The topological polar surface area (TPSA) is 103 Å². The number of amides is 1. The van der Waals surface area contributed by atoms with Crippen molar-refractivity contribution in [3.8, 4) is 17.5 Å². The third kappa shape index (κ3) is 3.77. The highest BCUT2D eigenvalue weighted by atomic mass is 16.3. The smallest absolute Gasteiger partial charge is 0.273 e. The van der Waals surface area contributed by atoms with Gasteiger partial charge in [0.05, 0.1) is 5.56 Å². The van der Waals surface area contributed by atoms with E-state index in [0.717, 1.165) is 0 Å². The van der Waals surface area contributed by atoms with Gasteiger partial charge in [-0.2, -0.15) is 5.26 Å². The Labute approximate surface area is 166 Å². The maximum atomic E-state index is 12.8. The lowest BCUT2D eigenvalue weighted by molar-refractivity contribution is 0.0827. The average molecular weight is 387 g/mol. The van der Waals surface area contributed by atoms with E-state index in [1.807, 2.05) is 0 Å². The number of aromatic nitrogens is 1. The van der Waals surface area contributed by atoms with Crippen molar-refractivity contribution in [2.24, 2.45) is 0 Å². The Morgan fingerprint density at radius 2 is 1.69 bits per heavy atom. The van der Waals surface area contributed by atoms with Crippen LogP contribution in [0.15, 0.2) is 65.6 Å². The van der Waals surface area contributed by atoms with Gasteiger partial charge in [-0.1, -0.05) is 12.1 Å². The molecular weight excluding hydrogens is 370 g/mol. The number of nitrogens with zero attached hydrogens (tertiary/aromatic N) is 3. The largest absolute Gasteiger partial charge is 0.507 e. The fraction of sp³-hybridized carbons (Fsp3) is 0.0909. The van der Waals surface area contributed by atoms with Crippen LogP contribution < -0.4 is 5.56 Å². The highest BCUT2D eigenvalue weighted by Gasteiger charge is 2.17. The Morgan fingerprint density at radius 1 is 1.03 bits per heavy atom. The van der Waals surface area contributed by atoms with Gasteiger partial charge < -0.3 is 10.0 Å². The number of carbonyl (C=O) groups is 2. The first kappa shape index (κ1) is 19.6. The fourth-order valence-corrected chi connectivity index (χ4v) is 2.82. The molecule has 0 spiro atoms. The van der Waals surface area contributed by atoms with E-state index in [1.165, 1.54) is 33.9 Å². The second kappa shape index (κ2) is 7.82. The molecule has 0 bridgehead atoms. The minimum absolute atomic E-state index is 0.0634. The van der Waals surface area contributed by atoms with Crippen molar-refractivity contribution in [2.45, 2.75) is 0 Å². The molecule has 1 aromatic heterocycles. The minimum atomic E-state index is -0.590. The average Bonchev–Trinajstić information content (AvgIpc) is 2.73. The van der Waals surface area contributed by atoms with Gasteiger partial charge in [-0.25, -0.2) is 0 Å². The third-order valence-electron chi connectivity index (χ3n) is 4.35. The van der Waals surface area contributed by atoms with Gasteiger partial charge in [-0.05, 0) is 42.5 Å². The van der Waals surface area contributed by atoms with Crippen LogP contribution >= 0.6 is 0 Å². The molecule has 29 heavy (non-hydrogen) atoms. The van der Waals surface area contributed by atoms with Crippen molar-refractivity contribution >= 4 is 11.7 Å². The number of ketones is 1. The summed E-state index contributed by atoms with van der Waals surface area (Å²) >= 11 is 0. The van der Waals surface area contributed by atoms with E-state index in [-0.39, 0.29) is 28.3 Å². The monoisotopic (exact) mass is 387 g/mol. The second-order valence-corrected chi connectivity index (χ2v) is 6.52. The number of pyridine rings is 1. The molecule has 0 radical (unpaired) electrons. The van der Waals surface area contributed by atoms with Crippen molar-refractivity contribution in [1.29, 1.82) is 5.26 Å². The SMILES string of the molecule is CN(C)C(=O)c1ccc(-n2cc(C(=O)c3ccccc3O)cc(C#N)c2=O)cc1. The maximum absolute atomic E-state index is 12.8. The summed E-state index contributed by atoms with van der Waals surface area (Å²) in [7, 11) is 3.27. The molecule has 0 saturated heterocycles. The van der Waals surface area contributed by atoms with Crippen LogP contribution in [0.2, 0.25) is 0 Å². The molecule has 0 aliphatic rings. The Hall–Kier alpha value is -4.18. The van der Waals surface area contributed by atoms with Crippen LogP contribution in [0.4, 0.5) is 0 Å². The number of rotatable bonds is 4. The van der Waals surface area contributed by atoms with Crippen LogP contribution in [0.1, 0.15) is 31.8 Å². The molecule has 1 heterocycles. The van der Waals surface area contributed by atoms with Gasteiger partial charge in [0.25, 0.3) is 11.5 Å². The van der Waals surface area contributed by atoms with Gasteiger partial charge in [-0.15, -0.1) is 0 Å². The minimum Gasteiger partial charge on any atom is -0.507 e. The van der Waals surface area contributed by atoms with Crippen molar-refractivity contribution in [2.75, 3.05) is 14.1 Å². The zero-order chi connectivity index (χ0) is 21.1. The number of phenols is 1. The lowest BCUT2D eigenvalue weighted by Crippen LogP contribution is -2.23. The molecule has 0 fully saturated rings.